The Balaban J connectivity index is 0.000000921. The minimum atomic E-state index is 0.0288. The van der Waals surface area contributed by atoms with Crippen molar-refractivity contribution in [2.45, 2.75) is 40.0 Å². The van der Waals surface area contributed by atoms with E-state index in [4.69, 9.17) is 5.41 Å². The van der Waals surface area contributed by atoms with Gasteiger partial charge in [-0.25, -0.2) is 4.98 Å². The average molecular weight is 289 g/mol. The van der Waals surface area contributed by atoms with Gasteiger partial charge in [0.25, 0.3) is 0 Å². The van der Waals surface area contributed by atoms with Gasteiger partial charge in [-0.3, -0.25) is 5.10 Å². The molecule has 5 nitrogen and oxygen atoms in total. The molecule has 4 N–H and O–H groups in total. The first kappa shape index (κ1) is 19.0. The topological polar surface area (TPSA) is 91.4 Å². The molecule has 0 aliphatic heterocycles. The first-order chi connectivity index (χ1) is 10.2. The molecule has 116 valence electrons. The largest absolute Gasteiger partial charge is 0.333 e. The van der Waals surface area contributed by atoms with Gasteiger partial charge in [-0.2, -0.15) is 5.10 Å². The van der Waals surface area contributed by atoms with Crippen LogP contribution in [-0.2, 0) is 0 Å². The van der Waals surface area contributed by atoms with Gasteiger partial charge in [0.1, 0.15) is 5.82 Å². The van der Waals surface area contributed by atoms with E-state index in [1.54, 1.807) is 0 Å². The van der Waals surface area contributed by atoms with Crippen molar-refractivity contribution >= 4 is 6.21 Å². The summed E-state index contributed by atoms with van der Waals surface area (Å²) in [6.45, 7) is 8.08. The van der Waals surface area contributed by atoms with Gasteiger partial charge >= 0.3 is 0 Å². The average Bonchev–Trinajstić information content (AvgIpc) is 3.02. The zero-order chi connectivity index (χ0) is 16.3. The molecule has 0 saturated heterocycles. The third-order valence-corrected chi connectivity index (χ3v) is 2.77. The number of benzene rings is 1. The van der Waals surface area contributed by atoms with Gasteiger partial charge in [0.05, 0.1) is 5.92 Å². The Kier molecular flexibility index (Phi) is 9.71. The summed E-state index contributed by atoms with van der Waals surface area (Å²) >= 11 is 0. The van der Waals surface area contributed by atoms with Crippen molar-refractivity contribution in [1.29, 1.82) is 5.41 Å². The summed E-state index contributed by atoms with van der Waals surface area (Å²) in [6.07, 6.45) is 2.26. The lowest BCUT2D eigenvalue weighted by Gasteiger charge is -2.02. The molecule has 21 heavy (non-hydrogen) atoms. The van der Waals surface area contributed by atoms with Crippen molar-refractivity contribution in [1.82, 2.24) is 15.2 Å². The van der Waals surface area contributed by atoms with Crippen LogP contribution in [0.4, 0.5) is 0 Å². The van der Waals surface area contributed by atoms with E-state index in [2.05, 4.69) is 27.0 Å². The number of H-pyrrole nitrogens is 1. The second-order valence-electron chi connectivity index (χ2n) is 4.10. The molecule has 5 heteroatoms. The van der Waals surface area contributed by atoms with E-state index in [1.165, 1.54) is 18.8 Å². The Labute approximate surface area is 127 Å². The highest BCUT2D eigenvalue weighted by Gasteiger charge is 2.12. The van der Waals surface area contributed by atoms with Crippen LogP contribution in [0.2, 0.25) is 0 Å². The predicted octanol–water partition coefficient (Wildman–Crippen LogP) is 3.52. The molecule has 2 aromatic rings. The van der Waals surface area contributed by atoms with Crippen LogP contribution in [0.15, 0.2) is 24.3 Å². The minimum absolute atomic E-state index is 0.0288. The number of rotatable bonds is 4. The molecule has 0 aliphatic rings. The number of nitrogens with one attached hydrogen (secondary N) is 2. The molecule has 1 aromatic carbocycles. The van der Waals surface area contributed by atoms with Gasteiger partial charge in [0.15, 0.2) is 5.82 Å². The predicted molar refractivity (Wildman–Crippen MR) is 89.8 cm³/mol. The molecule has 0 radical (unpaired) electrons. The van der Waals surface area contributed by atoms with E-state index in [-0.39, 0.29) is 5.92 Å². The van der Waals surface area contributed by atoms with Crippen LogP contribution < -0.4 is 5.73 Å². The molecule has 1 aromatic heterocycles. The van der Waals surface area contributed by atoms with Crippen LogP contribution in [0.25, 0.3) is 11.4 Å². The number of hydrogen-bond acceptors (Lipinski definition) is 4. The first-order valence-electron chi connectivity index (χ1n) is 7.32. The van der Waals surface area contributed by atoms with Gasteiger partial charge in [-0.15, -0.1) is 0 Å². The number of nitrogens with zero attached hydrogens (tertiary/aromatic N) is 2. The lowest BCUT2D eigenvalue weighted by molar-refractivity contribution is 0.786. The highest BCUT2D eigenvalue weighted by molar-refractivity contribution is 5.63. The summed E-state index contributed by atoms with van der Waals surface area (Å²) < 4.78 is 0. The third-order valence-electron chi connectivity index (χ3n) is 2.77. The van der Waals surface area contributed by atoms with Crippen LogP contribution in [0.1, 0.15) is 44.5 Å². The second-order valence-corrected chi connectivity index (χ2v) is 4.10. The van der Waals surface area contributed by atoms with Crippen molar-refractivity contribution in [3.8, 4) is 11.4 Å². The van der Waals surface area contributed by atoms with Crippen LogP contribution >= 0.6 is 0 Å². The van der Waals surface area contributed by atoms with Crippen LogP contribution in [-0.4, -0.2) is 28.4 Å². The smallest absolute Gasteiger partial charge is 0.181 e. The lowest BCUT2D eigenvalue weighted by Crippen LogP contribution is -2.00. The summed E-state index contributed by atoms with van der Waals surface area (Å²) in [5.74, 6) is 1.49. The fourth-order valence-corrected chi connectivity index (χ4v) is 1.74. The highest BCUT2D eigenvalue weighted by Crippen LogP contribution is 2.19. The summed E-state index contributed by atoms with van der Waals surface area (Å²) in [5, 5.41) is 14.5. The van der Waals surface area contributed by atoms with E-state index in [9.17, 15) is 0 Å². The summed E-state index contributed by atoms with van der Waals surface area (Å²) in [6, 6.07) is 8.09. The molecule has 1 atom stereocenters. The maximum atomic E-state index is 7.33. The Morgan fingerprint density at radius 2 is 2.00 bits per heavy atom. The van der Waals surface area contributed by atoms with Crippen molar-refractivity contribution in [2.75, 3.05) is 7.05 Å². The van der Waals surface area contributed by atoms with Gasteiger partial charge in [-0.1, -0.05) is 44.5 Å². The third kappa shape index (κ3) is 5.47. The molecule has 0 saturated carbocycles. The molecule has 1 heterocycles. The number of aromatic nitrogens is 3. The van der Waals surface area contributed by atoms with E-state index in [0.717, 1.165) is 17.8 Å². The number of aromatic amines is 1. The molecule has 0 amide bonds. The van der Waals surface area contributed by atoms with E-state index in [1.807, 2.05) is 45.9 Å². The Hall–Kier alpha value is -2.01. The Morgan fingerprint density at radius 3 is 2.52 bits per heavy atom. The minimum Gasteiger partial charge on any atom is -0.333 e. The monoisotopic (exact) mass is 289 g/mol. The lowest BCUT2D eigenvalue weighted by atomic mass is 10.1. The molecule has 0 aliphatic carbocycles. The van der Waals surface area contributed by atoms with Gasteiger partial charge in [0.2, 0.25) is 0 Å². The molecular formula is C16H27N5. The molecule has 2 rings (SSSR count). The Morgan fingerprint density at radius 1 is 1.33 bits per heavy atom. The fourth-order valence-electron chi connectivity index (χ4n) is 1.74. The molecule has 1 unspecified atom stereocenters. The fraction of sp³-hybridized carbons (Fsp3) is 0.438. The van der Waals surface area contributed by atoms with Gasteiger partial charge in [0, 0.05) is 11.8 Å². The van der Waals surface area contributed by atoms with Crippen LogP contribution in [0, 0.1) is 12.3 Å². The normalized spacial score (nSPS) is 10.6. The molecule has 0 spiro atoms. The highest BCUT2D eigenvalue weighted by atomic mass is 15.2. The van der Waals surface area contributed by atoms with Gasteiger partial charge < -0.3 is 11.1 Å². The van der Waals surface area contributed by atoms with E-state index in [0.29, 0.717) is 5.82 Å². The zero-order valence-electron chi connectivity index (χ0n) is 13.6. The number of hydrogen-bond donors (Lipinski definition) is 3. The van der Waals surface area contributed by atoms with Crippen LogP contribution in [0.5, 0.6) is 0 Å². The summed E-state index contributed by atoms with van der Waals surface area (Å²) in [4.78, 5) is 4.45. The SMILES string of the molecule is CC.CCC(C=N)c1nc(-c2cccc(C)c2)n[nH]1.CN. The van der Waals surface area contributed by atoms with Gasteiger partial charge in [-0.05, 0) is 26.5 Å². The van der Waals surface area contributed by atoms with Crippen molar-refractivity contribution in [2.24, 2.45) is 5.73 Å². The van der Waals surface area contributed by atoms with Crippen molar-refractivity contribution in [3.63, 3.8) is 0 Å². The van der Waals surface area contributed by atoms with Crippen LogP contribution in [0.3, 0.4) is 0 Å². The summed E-state index contributed by atoms with van der Waals surface area (Å²) in [7, 11) is 1.50. The molecular weight excluding hydrogens is 262 g/mol. The van der Waals surface area contributed by atoms with E-state index < -0.39 is 0 Å². The van der Waals surface area contributed by atoms with E-state index >= 15 is 0 Å². The molecule has 0 fully saturated rings. The quantitative estimate of drug-likeness (QED) is 0.752. The summed E-state index contributed by atoms with van der Waals surface area (Å²) in [5.41, 5.74) is 6.69. The van der Waals surface area contributed by atoms with Crippen molar-refractivity contribution in [3.05, 3.63) is 35.7 Å². The maximum absolute atomic E-state index is 7.33. The zero-order valence-corrected chi connectivity index (χ0v) is 13.6. The first-order valence-corrected chi connectivity index (χ1v) is 7.32. The maximum Gasteiger partial charge on any atom is 0.181 e. The molecule has 0 bridgehead atoms. The Bertz CT molecular complexity index is 519. The number of aryl methyl sites for hydroxylation is 1. The number of nitrogens with two attached hydrogens (primary N) is 1. The van der Waals surface area contributed by atoms with Crippen molar-refractivity contribution < 1.29 is 0 Å². The second kappa shape index (κ2) is 10.7. The standard InChI is InChI=1S/C13H16N4.C2H6.CH5N/c1-3-10(8-14)12-15-13(17-16-12)11-6-4-5-9(2)7-11;2*1-2/h4-8,10,14H,3H2,1-2H3,(H,15,16,17);1-2H3;2H2,1H3.